The molecule has 4 nitrogen and oxygen atoms in total. The van der Waals surface area contributed by atoms with Gasteiger partial charge >= 0.3 is 0 Å². The van der Waals surface area contributed by atoms with Gasteiger partial charge in [-0.2, -0.15) is 0 Å². The summed E-state index contributed by atoms with van der Waals surface area (Å²) in [5, 5.41) is 0. The van der Waals surface area contributed by atoms with E-state index in [-0.39, 0.29) is 0 Å². The molecule has 16 heavy (non-hydrogen) atoms. The lowest BCUT2D eigenvalue weighted by Gasteiger charge is -2.02. The number of rotatable bonds is 2. The predicted molar refractivity (Wildman–Crippen MR) is 62.2 cm³/mol. The molecule has 0 amide bonds. The number of benzene rings is 1. The van der Waals surface area contributed by atoms with Crippen LogP contribution in [-0.2, 0) is 6.54 Å². The smallest absolute Gasteiger partial charge is 0.104 e. The molecule has 1 aromatic carbocycles. The van der Waals surface area contributed by atoms with Crippen LogP contribution in [0.4, 0.5) is 0 Å². The Labute approximate surface area is 93.0 Å². The summed E-state index contributed by atoms with van der Waals surface area (Å²) in [6, 6.07) is 6.20. The molecule has 2 heterocycles. The molecule has 3 aromatic rings. The summed E-state index contributed by atoms with van der Waals surface area (Å²) in [6.45, 7) is 2.78. The minimum absolute atomic E-state index is 0.807. The summed E-state index contributed by atoms with van der Waals surface area (Å²) in [5.41, 5.74) is 3.35. The van der Waals surface area contributed by atoms with E-state index in [9.17, 15) is 0 Å². The van der Waals surface area contributed by atoms with Gasteiger partial charge in [0, 0.05) is 12.4 Å². The first-order valence-corrected chi connectivity index (χ1v) is 5.23. The number of fused-ring (bicyclic) bond motifs is 1. The van der Waals surface area contributed by atoms with Gasteiger partial charge in [-0.1, -0.05) is 12.1 Å². The molecular formula is C12H12N4. The standard InChI is InChI=1S/C12H12N4/c1-9-14-11-4-2-3-10(12(11)15-9)7-16-6-5-13-8-16/h2-6,8H,7H2,1H3,(H,14,15). The van der Waals surface area contributed by atoms with E-state index in [0.29, 0.717) is 0 Å². The first kappa shape index (κ1) is 9.15. The molecule has 0 radical (unpaired) electrons. The van der Waals surface area contributed by atoms with Crippen LogP contribution in [0, 0.1) is 6.92 Å². The molecular weight excluding hydrogens is 200 g/mol. The number of H-pyrrole nitrogens is 1. The van der Waals surface area contributed by atoms with Gasteiger partial charge in [0.05, 0.1) is 23.9 Å². The molecule has 0 unspecified atom stereocenters. The largest absolute Gasteiger partial charge is 0.342 e. The summed E-state index contributed by atoms with van der Waals surface area (Å²) in [5.74, 6) is 0.952. The number of hydrogen-bond acceptors (Lipinski definition) is 2. The minimum Gasteiger partial charge on any atom is -0.342 e. The summed E-state index contributed by atoms with van der Waals surface area (Å²) in [7, 11) is 0. The average Bonchev–Trinajstić information content (AvgIpc) is 2.86. The second-order valence-corrected chi connectivity index (χ2v) is 3.87. The molecule has 0 spiro atoms. The van der Waals surface area contributed by atoms with E-state index in [0.717, 1.165) is 23.4 Å². The maximum absolute atomic E-state index is 4.50. The fourth-order valence-electron chi connectivity index (χ4n) is 1.92. The molecule has 0 aliphatic rings. The Kier molecular flexibility index (Phi) is 1.99. The Hall–Kier alpha value is -2.10. The predicted octanol–water partition coefficient (Wildman–Crippen LogP) is 2.12. The van der Waals surface area contributed by atoms with E-state index in [2.05, 4.69) is 21.0 Å². The van der Waals surface area contributed by atoms with Crippen molar-refractivity contribution in [2.75, 3.05) is 0 Å². The van der Waals surface area contributed by atoms with Crippen molar-refractivity contribution < 1.29 is 0 Å². The van der Waals surface area contributed by atoms with Crippen LogP contribution in [0.3, 0.4) is 0 Å². The van der Waals surface area contributed by atoms with Crippen molar-refractivity contribution in [2.24, 2.45) is 0 Å². The van der Waals surface area contributed by atoms with Gasteiger partial charge < -0.3 is 9.55 Å². The first-order chi connectivity index (χ1) is 7.83. The third kappa shape index (κ3) is 1.48. The lowest BCUT2D eigenvalue weighted by molar-refractivity contribution is 0.801. The maximum Gasteiger partial charge on any atom is 0.104 e. The first-order valence-electron chi connectivity index (χ1n) is 5.23. The van der Waals surface area contributed by atoms with E-state index in [1.54, 1.807) is 6.20 Å². The molecule has 3 rings (SSSR count). The van der Waals surface area contributed by atoms with Crippen LogP contribution in [0.5, 0.6) is 0 Å². The van der Waals surface area contributed by atoms with Gasteiger partial charge in [0.15, 0.2) is 0 Å². The van der Waals surface area contributed by atoms with Gasteiger partial charge in [0.25, 0.3) is 0 Å². The Morgan fingerprint density at radius 1 is 1.38 bits per heavy atom. The highest BCUT2D eigenvalue weighted by atomic mass is 15.0. The van der Waals surface area contributed by atoms with Gasteiger partial charge in [-0.25, -0.2) is 9.97 Å². The average molecular weight is 212 g/mol. The summed E-state index contributed by atoms with van der Waals surface area (Å²) in [4.78, 5) is 11.8. The van der Waals surface area contributed by atoms with Gasteiger partial charge in [0.2, 0.25) is 0 Å². The van der Waals surface area contributed by atoms with Crippen molar-refractivity contribution in [3.05, 3.63) is 48.3 Å². The zero-order chi connectivity index (χ0) is 11.0. The second kappa shape index (κ2) is 3.48. The van der Waals surface area contributed by atoms with Crippen molar-refractivity contribution in [1.29, 1.82) is 0 Å². The lowest BCUT2D eigenvalue weighted by atomic mass is 10.2. The summed E-state index contributed by atoms with van der Waals surface area (Å²) < 4.78 is 2.04. The van der Waals surface area contributed by atoms with Crippen LogP contribution < -0.4 is 0 Å². The number of imidazole rings is 2. The van der Waals surface area contributed by atoms with Crippen molar-refractivity contribution in [1.82, 2.24) is 19.5 Å². The zero-order valence-electron chi connectivity index (χ0n) is 9.01. The van der Waals surface area contributed by atoms with Crippen LogP contribution in [-0.4, -0.2) is 19.5 Å². The number of nitrogens with one attached hydrogen (secondary N) is 1. The zero-order valence-corrected chi connectivity index (χ0v) is 9.01. The highest BCUT2D eigenvalue weighted by Gasteiger charge is 2.05. The van der Waals surface area contributed by atoms with Crippen molar-refractivity contribution in [2.45, 2.75) is 13.5 Å². The maximum atomic E-state index is 4.50. The second-order valence-electron chi connectivity index (χ2n) is 3.87. The molecule has 2 aromatic heterocycles. The Morgan fingerprint density at radius 3 is 3.12 bits per heavy atom. The molecule has 4 heteroatoms. The third-order valence-corrected chi connectivity index (χ3v) is 2.63. The molecule has 0 saturated carbocycles. The van der Waals surface area contributed by atoms with Gasteiger partial charge in [-0.15, -0.1) is 0 Å². The van der Waals surface area contributed by atoms with E-state index >= 15 is 0 Å². The molecule has 0 fully saturated rings. The van der Waals surface area contributed by atoms with E-state index in [4.69, 9.17) is 0 Å². The number of hydrogen-bond donors (Lipinski definition) is 1. The number of para-hydroxylation sites is 1. The topological polar surface area (TPSA) is 46.5 Å². The highest BCUT2D eigenvalue weighted by Crippen LogP contribution is 2.17. The highest BCUT2D eigenvalue weighted by molar-refractivity contribution is 5.78. The third-order valence-electron chi connectivity index (χ3n) is 2.63. The molecule has 0 bridgehead atoms. The van der Waals surface area contributed by atoms with Crippen molar-refractivity contribution in [3.63, 3.8) is 0 Å². The molecule has 0 atom stereocenters. The van der Waals surface area contributed by atoms with Crippen LogP contribution in [0.1, 0.15) is 11.4 Å². The van der Waals surface area contributed by atoms with Gasteiger partial charge in [-0.3, -0.25) is 0 Å². The molecule has 1 N–H and O–H groups in total. The monoisotopic (exact) mass is 212 g/mol. The molecule has 80 valence electrons. The quantitative estimate of drug-likeness (QED) is 0.707. The molecule has 0 saturated heterocycles. The molecule has 0 aliphatic heterocycles. The summed E-state index contributed by atoms with van der Waals surface area (Å²) in [6.07, 6.45) is 5.56. The van der Waals surface area contributed by atoms with Crippen molar-refractivity contribution >= 4 is 11.0 Å². The normalized spacial score (nSPS) is 11.1. The van der Waals surface area contributed by atoms with Gasteiger partial charge in [-0.05, 0) is 18.6 Å². The lowest BCUT2D eigenvalue weighted by Crippen LogP contribution is -1.97. The van der Waals surface area contributed by atoms with E-state index in [1.165, 1.54) is 5.56 Å². The minimum atomic E-state index is 0.807. The Balaban J connectivity index is 2.09. The number of aromatic nitrogens is 4. The van der Waals surface area contributed by atoms with E-state index < -0.39 is 0 Å². The summed E-state index contributed by atoms with van der Waals surface area (Å²) >= 11 is 0. The molecule has 0 aliphatic carbocycles. The Bertz CT molecular complexity index is 607. The number of aromatic amines is 1. The fourth-order valence-corrected chi connectivity index (χ4v) is 1.92. The van der Waals surface area contributed by atoms with Crippen LogP contribution in [0.25, 0.3) is 11.0 Å². The van der Waals surface area contributed by atoms with Gasteiger partial charge in [0.1, 0.15) is 5.82 Å². The van der Waals surface area contributed by atoms with Crippen molar-refractivity contribution in [3.8, 4) is 0 Å². The fraction of sp³-hybridized carbons (Fsp3) is 0.167. The SMILES string of the molecule is Cc1nc2c(Cn3ccnc3)cccc2[nH]1. The van der Waals surface area contributed by atoms with Crippen LogP contribution in [0.2, 0.25) is 0 Å². The number of aryl methyl sites for hydroxylation is 1. The Morgan fingerprint density at radius 2 is 2.31 bits per heavy atom. The van der Waals surface area contributed by atoms with Crippen LogP contribution >= 0.6 is 0 Å². The van der Waals surface area contributed by atoms with Crippen LogP contribution in [0.15, 0.2) is 36.9 Å². The van der Waals surface area contributed by atoms with E-state index in [1.807, 2.05) is 36.1 Å². The number of nitrogens with zero attached hydrogens (tertiary/aromatic N) is 3.